The third kappa shape index (κ3) is 5.34. The average Bonchev–Trinajstić information content (AvgIpc) is 2.87. The third-order valence-electron chi connectivity index (χ3n) is 3.34. The lowest BCUT2D eigenvalue weighted by Gasteiger charge is -2.22. The maximum Gasteiger partial charge on any atom is 0.321 e. The van der Waals surface area contributed by atoms with Gasteiger partial charge in [0.2, 0.25) is 0 Å². The van der Waals surface area contributed by atoms with Crippen molar-refractivity contribution in [2.24, 2.45) is 0 Å². The highest BCUT2D eigenvalue weighted by Crippen LogP contribution is 2.20. The molecule has 2 N–H and O–H groups in total. The van der Waals surface area contributed by atoms with Crippen LogP contribution in [-0.4, -0.2) is 29.6 Å². The van der Waals surface area contributed by atoms with Crippen molar-refractivity contribution in [1.82, 2.24) is 10.3 Å². The topological polar surface area (TPSA) is 80.3 Å². The van der Waals surface area contributed by atoms with Crippen LogP contribution in [0.2, 0.25) is 0 Å². The van der Waals surface area contributed by atoms with Crippen molar-refractivity contribution in [1.29, 1.82) is 0 Å². The highest BCUT2D eigenvalue weighted by molar-refractivity contribution is 7.15. The van der Waals surface area contributed by atoms with Crippen LogP contribution in [0.1, 0.15) is 43.9 Å². The summed E-state index contributed by atoms with van der Waals surface area (Å²) in [5.74, 6) is -0.278. The van der Waals surface area contributed by atoms with Crippen LogP contribution in [0, 0.1) is 0 Å². The largest absolute Gasteiger partial charge is 0.466 e. The summed E-state index contributed by atoms with van der Waals surface area (Å²) in [5, 5.41) is 6.19. The minimum absolute atomic E-state index is 0.192. The first-order chi connectivity index (χ1) is 10.2. The molecule has 1 heterocycles. The van der Waals surface area contributed by atoms with Gasteiger partial charge in [-0.05, 0) is 19.8 Å². The lowest BCUT2D eigenvalue weighted by atomic mass is 9.96. The Balaban J connectivity index is 1.78. The molecule has 0 unspecified atom stereocenters. The van der Waals surface area contributed by atoms with E-state index in [9.17, 15) is 9.59 Å². The predicted octanol–water partition coefficient (Wildman–Crippen LogP) is 2.70. The number of esters is 1. The molecule has 1 aliphatic carbocycles. The van der Waals surface area contributed by atoms with Gasteiger partial charge in [0.05, 0.1) is 13.0 Å². The van der Waals surface area contributed by atoms with Crippen molar-refractivity contribution in [3.63, 3.8) is 0 Å². The summed E-state index contributed by atoms with van der Waals surface area (Å²) >= 11 is 1.29. The van der Waals surface area contributed by atoms with Crippen LogP contribution in [-0.2, 0) is 16.0 Å². The molecule has 1 fully saturated rings. The van der Waals surface area contributed by atoms with E-state index in [0.29, 0.717) is 11.7 Å². The first-order valence-corrected chi connectivity index (χ1v) is 8.17. The van der Waals surface area contributed by atoms with Crippen molar-refractivity contribution in [2.45, 2.75) is 51.5 Å². The van der Waals surface area contributed by atoms with Gasteiger partial charge >= 0.3 is 12.0 Å². The summed E-state index contributed by atoms with van der Waals surface area (Å²) < 4.78 is 4.88. The smallest absolute Gasteiger partial charge is 0.321 e. The van der Waals surface area contributed by atoms with E-state index in [2.05, 4.69) is 15.6 Å². The Labute approximate surface area is 128 Å². The summed E-state index contributed by atoms with van der Waals surface area (Å²) in [5.41, 5.74) is 0. The van der Waals surface area contributed by atoms with Crippen molar-refractivity contribution < 1.29 is 14.3 Å². The summed E-state index contributed by atoms with van der Waals surface area (Å²) in [4.78, 5) is 28.1. The van der Waals surface area contributed by atoms with Gasteiger partial charge in [-0.2, -0.15) is 0 Å². The number of amides is 2. The number of nitrogens with zero attached hydrogens (tertiary/aromatic N) is 1. The highest BCUT2D eigenvalue weighted by atomic mass is 32.1. The Morgan fingerprint density at radius 1 is 1.38 bits per heavy atom. The fraction of sp³-hybridized carbons (Fsp3) is 0.643. The van der Waals surface area contributed by atoms with E-state index in [-0.39, 0.29) is 24.5 Å². The van der Waals surface area contributed by atoms with Gasteiger partial charge in [0.25, 0.3) is 0 Å². The number of hydrogen-bond acceptors (Lipinski definition) is 5. The first-order valence-electron chi connectivity index (χ1n) is 7.35. The molecular formula is C14H21N3O3S. The summed E-state index contributed by atoms with van der Waals surface area (Å²) in [6.45, 7) is 2.14. The van der Waals surface area contributed by atoms with E-state index < -0.39 is 0 Å². The minimum Gasteiger partial charge on any atom is -0.466 e. The second-order valence-electron chi connectivity index (χ2n) is 5.05. The van der Waals surface area contributed by atoms with Crippen LogP contribution >= 0.6 is 11.3 Å². The Kier molecular flexibility index (Phi) is 5.98. The van der Waals surface area contributed by atoms with E-state index in [1.165, 1.54) is 30.6 Å². The molecule has 0 spiro atoms. The van der Waals surface area contributed by atoms with Crippen molar-refractivity contribution in [2.75, 3.05) is 11.9 Å². The van der Waals surface area contributed by atoms with E-state index in [1.807, 2.05) is 0 Å². The average molecular weight is 311 g/mol. The highest BCUT2D eigenvalue weighted by Gasteiger charge is 2.16. The second kappa shape index (κ2) is 7.97. The lowest BCUT2D eigenvalue weighted by molar-refractivity contribution is -0.142. The molecule has 21 heavy (non-hydrogen) atoms. The minimum atomic E-state index is -0.278. The standard InChI is InChI=1S/C14H21N3O3S/c1-2-20-12(18)8-11-9-15-14(21-11)17-13(19)16-10-6-4-3-5-7-10/h9-10H,2-8H2,1H3,(H2,15,16,17,19). The van der Waals surface area contributed by atoms with Gasteiger partial charge in [-0.3, -0.25) is 10.1 Å². The fourth-order valence-electron chi connectivity index (χ4n) is 2.37. The SMILES string of the molecule is CCOC(=O)Cc1cnc(NC(=O)NC2CCCCC2)s1. The van der Waals surface area contributed by atoms with Crippen LogP contribution < -0.4 is 10.6 Å². The van der Waals surface area contributed by atoms with Crippen LogP contribution in [0.25, 0.3) is 0 Å². The number of rotatable bonds is 5. The zero-order valence-electron chi connectivity index (χ0n) is 12.2. The molecule has 2 rings (SSSR count). The van der Waals surface area contributed by atoms with E-state index >= 15 is 0 Å². The number of aromatic nitrogens is 1. The zero-order valence-corrected chi connectivity index (χ0v) is 13.0. The van der Waals surface area contributed by atoms with Crippen molar-refractivity contribution in [3.8, 4) is 0 Å². The molecule has 1 aromatic rings. The van der Waals surface area contributed by atoms with E-state index in [1.54, 1.807) is 13.1 Å². The molecule has 0 radical (unpaired) electrons. The molecule has 0 aromatic carbocycles. The number of ether oxygens (including phenoxy) is 1. The monoisotopic (exact) mass is 311 g/mol. The van der Waals surface area contributed by atoms with Gasteiger partial charge in [-0.15, -0.1) is 11.3 Å². The number of nitrogens with one attached hydrogen (secondary N) is 2. The maximum atomic E-state index is 11.9. The quantitative estimate of drug-likeness (QED) is 0.819. The van der Waals surface area contributed by atoms with Gasteiger partial charge < -0.3 is 10.1 Å². The lowest BCUT2D eigenvalue weighted by Crippen LogP contribution is -2.38. The Hall–Kier alpha value is -1.63. The normalized spacial score (nSPS) is 15.5. The number of hydrogen-bond donors (Lipinski definition) is 2. The molecule has 0 aliphatic heterocycles. The molecule has 0 atom stereocenters. The molecule has 0 bridgehead atoms. The summed E-state index contributed by atoms with van der Waals surface area (Å²) in [6, 6.07) is 0.0386. The summed E-state index contributed by atoms with van der Waals surface area (Å²) in [7, 11) is 0. The fourth-order valence-corrected chi connectivity index (χ4v) is 3.16. The molecule has 7 heteroatoms. The molecule has 1 aliphatic rings. The van der Waals surface area contributed by atoms with Gasteiger partial charge in [-0.25, -0.2) is 9.78 Å². The Morgan fingerprint density at radius 2 is 2.14 bits per heavy atom. The number of carbonyl (C=O) groups is 2. The first kappa shape index (κ1) is 15.8. The van der Waals surface area contributed by atoms with Gasteiger partial charge in [0.1, 0.15) is 0 Å². The number of anilines is 1. The Morgan fingerprint density at radius 3 is 2.86 bits per heavy atom. The van der Waals surface area contributed by atoms with Crippen LogP contribution in [0.5, 0.6) is 0 Å². The Bertz CT molecular complexity index is 484. The maximum absolute atomic E-state index is 11.9. The molecule has 116 valence electrons. The number of carbonyl (C=O) groups excluding carboxylic acids is 2. The molecule has 0 saturated heterocycles. The number of thiazole rings is 1. The third-order valence-corrected chi connectivity index (χ3v) is 4.25. The van der Waals surface area contributed by atoms with Gasteiger partial charge in [-0.1, -0.05) is 19.3 Å². The van der Waals surface area contributed by atoms with Crippen LogP contribution in [0.3, 0.4) is 0 Å². The molecule has 2 amide bonds. The van der Waals surface area contributed by atoms with E-state index in [4.69, 9.17) is 4.74 Å². The molecule has 1 aromatic heterocycles. The van der Waals surface area contributed by atoms with Gasteiger partial charge in [0, 0.05) is 17.1 Å². The van der Waals surface area contributed by atoms with Gasteiger partial charge in [0.15, 0.2) is 5.13 Å². The second-order valence-corrected chi connectivity index (χ2v) is 6.16. The van der Waals surface area contributed by atoms with Crippen molar-refractivity contribution in [3.05, 3.63) is 11.1 Å². The predicted molar refractivity (Wildman–Crippen MR) is 81.5 cm³/mol. The van der Waals surface area contributed by atoms with Crippen LogP contribution in [0.15, 0.2) is 6.20 Å². The van der Waals surface area contributed by atoms with E-state index in [0.717, 1.165) is 17.7 Å². The van der Waals surface area contributed by atoms with Crippen molar-refractivity contribution >= 4 is 28.5 Å². The molecule has 6 nitrogen and oxygen atoms in total. The van der Waals surface area contributed by atoms with Crippen LogP contribution in [0.4, 0.5) is 9.93 Å². The number of urea groups is 1. The zero-order chi connectivity index (χ0) is 15.1. The molecule has 1 saturated carbocycles. The summed E-state index contributed by atoms with van der Waals surface area (Å²) in [6.07, 6.45) is 7.47. The molecular weight excluding hydrogens is 290 g/mol.